The summed E-state index contributed by atoms with van der Waals surface area (Å²) in [7, 11) is -3.09. The van der Waals surface area contributed by atoms with E-state index >= 15 is 0 Å². The van der Waals surface area contributed by atoms with Gasteiger partial charge >= 0.3 is 0 Å². The van der Waals surface area contributed by atoms with Crippen LogP contribution in [0.15, 0.2) is 12.3 Å². The first-order chi connectivity index (χ1) is 9.23. The number of nitrogens with zero attached hydrogens (tertiary/aromatic N) is 2. The highest BCUT2D eigenvalue weighted by molar-refractivity contribution is 7.90. The van der Waals surface area contributed by atoms with Gasteiger partial charge in [-0.3, -0.25) is 9.48 Å². The molecule has 0 fully saturated rings. The van der Waals surface area contributed by atoms with E-state index in [1.807, 2.05) is 10.9 Å². The van der Waals surface area contributed by atoms with Crippen LogP contribution in [-0.2, 0) is 21.1 Å². The Hall–Kier alpha value is -1.21. The fourth-order valence-corrected chi connectivity index (χ4v) is 2.40. The molecule has 2 atom stereocenters. The van der Waals surface area contributed by atoms with E-state index in [0.29, 0.717) is 5.69 Å². The van der Waals surface area contributed by atoms with E-state index in [1.54, 1.807) is 6.07 Å². The van der Waals surface area contributed by atoms with Crippen LogP contribution in [0, 0.1) is 0 Å². The molecule has 0 radical (unpaired) electrons. The minimum absolute atomic E-state index is 0.0682. The molecule has 0 saturated heterocycles. The Kier molecular flexibility index (Phi) is 5.88. The lowest BCUT2D eigenvalue weighted by atomic mass is 10.1. The molecular weight excluding hydrogens is 278 g/mol. The van der Waals surface area contributed by atoms with Crippen molar-refractivity contribution < 1.29 is 13.2 Å². The molecule has 0 amide bonds. The average Bonchev–Trinajstić information content (AvgIpc) is 2.82. The minimum Gasteiger partial charge on any atom is -0.321 e. The molecule has 0 aliphatic heterocycles. The van der Waals surface area contributed by atoms with E-state index in [4.69, 9.17) is 5.73 Å². The molecule has 1 aromatic heterocycles. The van der Waals surface area contributed by atoms with Gasteiger partial charge in [-0.25, -0.2) is 8.42 Å². The topological polar surface area (TPSA) is 95.0 Å². The van der Waals surface area contributed by atoms with Crippen molar-refractivity contribution in [2.24, 2.45) is 5.73 Å². The van der Waals surface area contributed by atoms with Crippen molar-refractivity contribution in [3.8, 4) is 0 Å². The van der Waals surface area contributed by atoms with Crippen molar-refractivity contribution in [3.05, 3.63) is 18.0 Å². The third-order valence-electron chi connectivity index (χ3n) is 3.27. The van der Waals surface area contributed by atoms with Crippen LogP contribution in [0.5, 0.6) is 0 Å². The number of carbonyl (C=O) groups is 1. The molecule has 2 unspecified atom stereocenters. The molecule has 6 nitrogen and oxygen atoms in total. The predicted octanol–water partition coefficient (Wildman–Crippen LogP) is 0.728. The molecule has 2 N–H and O–H groups in total. The summed E-state index contributed by atoms with van der Waals surface area (Å²) in [6.07, 6.45) is 4.25. The SMILES string of the molecule is CCC(C)n1ccc(CC(=O)C(N)CCS(C)(=O)=O)n1. The van der Waals surface area contributed by atoms with Crippen LogP contribution in [0.1, 0.15) is 38.4 Å². The molecule has 1 heterocycles. The van der Waals surface area contributed by atoms with Gasteiger partial charge in [0.05, 0.1) is 23.9 Å². The molecule has 0 bridgehead atoms. The molecule has 0 aromatic carbocycles. The number of aromatic nitrogens is 2. The van der Waals surface area contributed by atoms with Crippen LogP contribution in [0.25, 0.3) is 0 Å². The lowest BCUT2D eigenvalue weighted by Gasteiger charge is -2.09. The van der Waals surface area contributed by atoms with E-state index in [2.05, 4.69) is 18.9 Å². The largest absolute Gasteiger partial charge is 0.321 e. The Morgan fingerprint density at radius 1 is 1.50 bits per heavy atom. The van der Waals surface area contributed by atoms with Crippen molar-refractivity contribution in [3.63, 3.8) is 0 Å². The van der Waals surface area contributed by atoms with Crippen LogP contribution >= 0.6 is 0 Å². The average molecular weight is 301 g/mol. The third kappa shape index (κ3) is 5.42. The monoisotopic (exact) mass is 301 g/mol. The Morgan fingerprint density at radius 2 is 2.15 bits per heavy atom. The zero-order chi connectivity index (χ0) is 15.3. The number of ketones is 1. The first kappa shape index (κ1) is 16.8. The smallest absolute Gasteiger partial charge is 0.155 e. The van der Waals surface area contributed by atoms with Gasteiger partial charge in [0.15, 0.2) is 5.78 Å². The van der Waals surface area contributed by atoms with Crippen molar-refractivity contribution in [1.82, 2.24) is 9.78 Å². The van der Waals surface area contributed by atoms with Gasteiger partial charge in [-0.1, -0.05) is 6.92 Å². The minimum atomic E-state index is -3.09. The lowest BCUT2D eigenvalue weighted by molar-refractivity contribution is -0.119. The van der Waals surface area contributed by atoms with Crippen LogP contribution < -0.4 is 5.73 Å². The van der Waals surface area contributed by atoms with Gasteiger partial charge in [0.2, 0.25) is 0 Å². The van der Waals surface area contributed by atoms with E-state index in [1.165, 1.54) is 0 Å². The normalized spacial score (nSPS) is 15.0. The number of sulfone groups is 1. The summed E-state index contributed by atoms with van der Waals surface area (Å²) in [6.45, 7) is 4.12. The lowest BCUT2D eigenvalue weighted by Crippen LogP contribution is -2.33. The highest BCUT2D eigenvalue weighted by Crippen LogP contribution is 2.10. The molecule has 0 spiro atoms. The number of hydrogen-bond acceptors (Lipinski definition) is 5. The van der Waals surface area contributed by atoms with Gasteiger partial charge in [0.1, 0.15) is 9.84 Å². The number of carbonyl (C=O) groups excluding carboxylic acids is 1. The van der Waals surface area contributed by atoms with Gasteiger partial charge in [-0.2, -0.15) is 5.10 Å². The van der Waals surface area contributed by atoms with Crippen LogP contribution in [0.4, 0.5) is 0 Å². The Bertz CT molecular complexity index is 551. The summed E-state index contributed by atoms with van der Waals surface area (Å²) in [5, 5.41) is 4.33. The molecule has 1 aromatic rings. The Morgan fingerprint density at radius 3 is 2.70 bits per heavy atom. The molecule has 1 rings (SSSR count). The third-order valence-corrected chi connectivity index (χ3v) is 4.25. The van der Waals surface area contributed by atoms with Gasteiger partial charge in [-0.05, 0) is 25.8 Å². The Balaban J connectivity index is 2.55. The fourth-order valence-electron chi connectivity index (χ4n) is 1.72. The van der Waals surface area contributed by atoms with Crippen LogP contribution in [0.2, 0.25) is 0 Å². The second-order valence-corrected chi connectivity index (χ2v) is 7.47. The van der Waals surface area contributed by atoms with Gasteiger partial charge in [0, 0.05) is 18.5 Å². The van der Waals surface area contributed by atoms with Crippen LogP contribution in [0.3, 0.4) is 0 Å². The van der Waals surface area contributed by atoms with Crippen molar-refractivity contribution >= 4 is 15.6 Å². The molecule has 114 valence electrons. The van der Waals surface area contributed by atoms with Crippen molar-refractivity contribution in [2.75, 3.05) is 12.0 Å². The molecule has 0 aliphatic carbocycles. The van der Waals surface area contributed by atoms with E-state index in [9.17, 15) is 13.2 Å². The first-order valence-electron chi connectivity index (χ1n) is 6.73. The fraction of sp³-hybridized carbons (Fsp3) is 0.692. The number of hydrogen-bond donors (Lipinski definition) is 1. The highest BCUT2D eigenvalue weighted by atomic mass is 32.2. The molecule has 7 heteroatoms. The maximum Gasteiger partial charge on any atom is 0.155 e. The molecule has 0 saturated carbocycles. The van der Waals surface area contributed by atoms with Gasteiger partial charge in [-0.15, -0.1) is 0 Å². The van der Waals surface area contributed by atoms with Crippen molar-refractivity contribution in [2.45, 2.75) is 45.2 Å². The molecule has 0 aliphatic rings. The summed E-state index contributed by atoms with van der Waals surface area (Å²) in [6, 6.07) is 1.34. The summed E-state index contributed by atoms with van der Waals surface area (Å²) >= 11 is 0. The standard InChI is InChI=1S/C13H23N3O3S/c1-4-10(2)16-7-5-11(15-16)9-13(17)12(14)6-8-20(3,18)19/h5,7,10,12H,4,6,8-9,14H2,1-3H3. The zero-order valence-electron chi connectivity index (χ0n) is 12.2. The van der Waals surface area contributed by atoms with E-state index < -0.39 is 15.9 Å². The Labute approximate surface area is 120 Å². The van der Waals surface area contributed by atoms with Gasteiger partial charge in [0.25, 0.3) is 0 Å². The summed E-state index contributed by atoms with van der Waals surface area (Å²) < 4.78 is 23.9. The maximum atomic E-state index is 11.9. The molecule has 20 heavy (non-hydrogen) atoms. The summed E-state index contributed by atoms with van der Waals surface area (Å²) in [5.74, 6) is -0.246. The second-order valence-electron chi connectivity index (χ2n) is 5.21. The summed E-state index contributed by atoms with van der Waals surface area (Å²) in [5.41, 5.74) is 6.39. The zero-order valence-corrected chi connectivity index (χ0v) is 13.1. The predicted molar refractivity (Wildman–Crippen MR) is 78.2 cm³/mol. The van der Waals surface area contributed by atoms with Crippen LogP contribution in [-0.4, -0.2) is 42.0 Å². The van der Waals surface area contributed by atoms with E-state index in [0.717, 1.165) is 12.7 Å². The molecular formula is C13H23N3O3S. The second kappa shape index (κ2) is 6.99. The number of Topliss-reactive ketones (excluding diaryl/α,β-unsaturated/α-hetero) is 1. The quantitative estimate of drug-likeness (QED) is 0.763. The van der Waals surface area contributed by atoms with E-state index in [-0.39, 0.29) is 30.4 Å². The van der Waals surface area contributed by atoms with Gasteiger partial charge < -0.3 is 5.73 Å². The first-order valence-corrected chi connectivity index (χ1v) is 8.79. The summed E-state index contributed by atoms with van der Waals surface area (Å²) in [4.78, 5) is 11.9. The van der Waals surface area contributed by atoms with Crippen molar-refractivity contribution in [1.29, 1.82) is 0 Å². The maximum absolute atomic E-state index is 11.9. The number of nitrogens with two attached hydrogens (primary N) is 1. The highest BCUT2D eigenvalue weighted by Gasteiger charge is 2.17. The number of rotatable bonds is 8.